The monoisotopic (exact) mass is 600 g/mol. The molecule has 4 aromatic rings. The number of aromatic nitrogens is 3. The molecule has 0 bridgehead atoms. The van der Waals surface area contributed by atoms with Crippen LogP contribution in [-0.4, -0.2) is 81.8 Å². The van der Waals surface area contributed by atoms with E-state index in [-0.39, 0.29) is 11.1 Å². The van der Waals surface area contributed by atoms with Gasteiger partial charge in [0.05, 0.1) is 22.1 Å². The van der Waals surface area contributed by atoms with Crippen LogP contribution in [0.5, 0.6) is 6.01 Å². The summed E-state index contributed by atoms with van der Waals surface area (Å²) in [5.74, 6) is 0.802. The second-order valence-electron chi connectivity index (χ2n) is 13.0. The Labute approximate surface area is 253 Å². The molecule has 3 aliphatic rings. The third-order valence-corrected chi connectivity index (χ3v) is 11.2. The van der Waals surface area contributed by atoms with E-state index in [2.05, 4.69) is 91.0 Å². The highest BCUT2D eigenvalue weighted by atomic mass is 31.0. The van der Waals surface area contributed by atoms with Gasteiger partial charge in [0, 0.05) is 35.7 Å². The second-order valence-corrected chi connectivity index (χ2v) is 14.5. The zero-order valence-corrected chi connectivity index (χ0v) is 27.3. The summed E-state index contributed by atoms with van der Waals surface area (Å²) in [6, 6.07) is 13.3. The summed E-state index contributed by atoms with van der Waals surface area (Å²) in [5, 5.41) is 8.06. The molecule has 1 N–H and O–H groups in total. The molecule has 0 radical (unpaired) electrons. The average Bonchev–Trinajstić information content (AvgIpc) is 3.47. The minimum Gasteiger partial charge on any atom is -0.461 e. The molecule has 42 heavy (non-hydrogen) atoms. The largest absolute Gasteiger partial charge is 0.461 e. The fraction of sp³-hybridized carbons (Fsp3) is 0.485. The maximum absolute atomic E-state index is 6.55. The molecule has 1 saturated carbocycles. The van der Waals surface area contributed by atoms with Gasteiger partial charge in [-0.2, -0.15) is 9.97 Å². The summed E-state index contributed by atoms with van der Waals surface area (Å²) in [5.41, 5.74) is 5.00. The van der Waals surface area contributed by atoms with Gasteiger partial charge in [-0.3, -0.25) is 9.88 Å². The number of rotatable bonds is 8. The van der Waals surface area contributed by atoms with E-state index in [1.807, 2.05) is 6.20 Å². The Kier molecular flexibility index (Phi) is 7.38. The normalized spacial score (nSPS) is 23.4. The number of anilines is 1. The van der Waals surface area contributed by atoms with Crippen molar-refractivity contribution in [2.24, 2.45) is 0 Å². The number of aryl methyl sites for hydroxylation is 1. The van der Waals surface area contributed by atoms with Gasteiger partial charge in [0.1, 0.15) is 12.4 Å². The first-order valence-electron chi connectivity index (χ1n) is 15.3. The molecule has 4 heterocycles. The SMILES string of the molecule is Cc1cccc2cccc(-c3ncc4c(NCC5(N(C)C)CCC5)nc(OC[C@@]56CCCN5C[C@H](P)C6)nc4c3P)c12. The summed E-state index contributed by atoms with van der Waals surface area (Å²) in [6.07, 6.45) is 9.12. The first-order chi connectivity index (χ1) is 20.3. The summed E-state index contributed by atoms with van der Waals surface area (Å²) >= 11 is 0. The van der Waals surface area contributed by atoms with Crippen LogP contribution in [0, 0.1) is 6.92 Å². The number of hydrogen-bond acceptors (Lipinski definition) is 7. The van der Waals surface area contributed by atoms with E-state index < -0.39 is 0 Å². The summed E-state index contributed by atoms with van der Waals surface area (Å²) in [7, 11) is 10.3. The van der Waals surface area contributed by atoms with E-state index >= 15 is 0 Å². The number of hydrogen-bond donors (Lipinski definition) is 1. The van der Waals surface area contributed by atoms with E-state index in [1.54, 1.807) is 0 Å². The quantitative estimate of drug-likeness (QED) is 0.272. The van der Waals surface area contributed by atoms with Crippen LogP contribution in [0.3, 0.4) is 0 Å². The van der Waals surface area contributed by atoms with Gasteiger partial charge >= 0.3 is 6.01 Å². The van der Waals surface area contributed by atoms with E-state index in [1.165, 1.54) is 48.4 Å². The Hall–Kier alpha value is -2.43. The second kappa shape index (κ2) is 10.9. The van der Waals surface area contributed by atoms with E-state index in [4.69, 9.17) is 19.7 Å². The van der Waals surface area contributed by atoms with Crippen LogP contribution >= 0.6 is 18.5 Å². The van der Waals surface area contributed by atoms with E-state index in [0.717, 1.165) is 59.3 Å². The van der Waals surface area contributed by atoms with Crippen LogP contribution < -0.4 is 15.4 Å². The summed E-state index contributed by atoms with van der Waals surface area (Å²) < 4.78 is 6.55. The molecule has 7 nitrogen and oxygen atoms in total. The Balaban J connectivity index is 1.30. The Morgan fingerprint density at radius 2 is 1.90 bits per heavy atom. The van der Waals surface area contributed by atoms with E-state index in [0.29, 0.717) is 18.3 Å². The molecule has 2 saturated heterocycles. The summed E-state index contributed by atoms with van der Waals surface area (Å²) in [4.78, 5) is 20.1. The third-order valence-electron chi connectivity index (χ3n) is 10.3. The Bertz CT molecular complexity index is 1650. The van der Waals surface area contributed by atoms with Gasteiger partial charge in [-0.1, -0.05) is 36.4 Å². The van der Waals surface area contributed by atoms with Crippen LogP contribution in [-0.2, 0) is 0 Å². The number of fused-ring (bicyclic) bond motifs is 3. The van der Waals surface area contributed by atoms with E-state index in [9.17, 15) is 0 Å². The lowest BCUT2D eigenvalue weighted by Gasteiger charge is -2.47. The smallest absolute Gasteiger partial charge is 0.319 e. The minimum atomic E-state index is 0.0902. The number of likely N-dealkylation sites (N-methyl/N-ethyl adjacent to an activating group) is 1. The topological polar surface area (TPSA) is 66.4 Å². The molecule has 1 aliphatic carbocycles. The van der Waals surface area contributed by atoms with Gasteiger partial charge in [0.25, 0.3) is 0 Å². The molecule has 4 atom stereocenters. The van der Waals surface area contributed by atoms with Crippen molar-refractivity contribution in [3.8, 4) is 17.3 Å². The molecule has 9 heteroatoms. The Morgan fingerprint density at radius 3 is 2.67 bits per heavy atom. The predicted octanol–water partition coefficient (Wildman–Crippen LogP) is 5.41. The van der Waals surface area contributed by atoms with Crippen molar-refractivity contribution in [3.63, 3.8) is 0 Å². The standard InChI is InChI=1S/C33H42N6OP2/c1-21-8-4-9-22-10-5-11-24(26(21)22)27-29(42)28-25(17-34-27)30(35-19-32(38(2)3)12-6-13-32)37-31(36-28)40-20-33-14-7-15-39(33)18-23(41)16-33/h4-5,8-11,17,23H,6-7,12-16,18-20,41-42H2,1-3H3,(H,35,36,37)/t23-,33+/m1/s1. The van der Waals surface area contributed by atoms with Crippen molar-refractivity contribution in [3.05, 3.63) is 48.2 Å². The first kappa shape index (κ1) is 28.3. The molecular weight excluding hydrogens is 558 g/mol. The maximum atomic E-state index is 6.55. The lowest BCUT2D eigenvalue weighted by molar-refractivity contribution is 0.0738. The van der Waals surface area contributed by atoms with Gasteiger partial charge in [-0.25, -0.2) is 0 Å². The third kappa shape index (κ3) is 4.78. The minimum absolute atomic E-state index is 0.0902. The first-order valence-corrected chi connectivity index (χ1v) is 16.5. The van der Waals surface area contributed by atoms with Crippen molar-refractivity contribution >= 4 is 51.3 Å². The number of ether oxygens (including phenoxy) is 1. The highest BCUT2D eigenvalue weighted by Crippen LogP contribution is 2.42. The molecule has 2 aliphatic heterocycles. The number of nitrogens with zero attached hydrogens (tertiary/aromatic N) is 5. The highest BCUT2D eigenvalue weighted by molar-refractivity contribution is 7.28. The zero-order chi connectivity index (χ0) is 29.1. The van der Waals surface area contributed by atoms with Crippen LogP contribution in [0.15, 0.2) is 42.6 Å². The van der Waals surface area contributed by atoms with Crippen molar-refractivity contribution in [2.45, 2.75) is 62.2 Å². The molecule has 2 aromatic carbocycles. The average molecular weight is 601 g/mol. The van der Waals surface area contributed by atoms with Gasteiger partial charge in [0.2, 0.25) is 0 Å². The van der Waals surface area contributed by atoms with Crippen molar-refractivity contribution in [1.82, 2.24) is 24.8 Å². The lowest BCUT2D eigenvalue weighted by atomic mass is 9.75. The van der Waals surface area contributed by atoms with Crippen LogP contribution in [0.1, 0.15) is 44.1 Å². The van der Waals surface area contributed by atoms with Crippen LogP contribution in [0.2, 0.25) is 0 Å². The zero-order valence-electron chi connectivity index (χ0n) is 25.0. The molecule has 3 fully saturated rings. The molecule has 0 spiro atoms. The predicted molar refractivity (Wildman–Crippen MR) is 180 cm³/mol. The maximum Gasteiger partial charge on any atom is 0.319 e. The molecule has 2 aromatic heterocycles. The molecular formula is C33H42N6OP2. The van der Waals surface area contributed by atoms with Crippen LogP contribution in [0.25, 0.3) is 32.9 Å². The van der Waals surface area contributed by atoms with Gasteiger partial charge in [0.15, 0.2) is 0 Å². The molecule has 0 amide bonds. The van der Waals surface area contributed by atoms with Gasteiger partial charge in [-0.05, 0) is 88.1 Å². The Morgan fingerprint density at radius 1 is 1.10 bits per heavy atom. The number of benzene rings is 2. The number of pyridine rings is 1. The van der Waals surface area contributed by atoms with Crippen molar-refractivity contribution in [1.29, 1.82) is 0 Å². The van der Waals surface area contributed by atoms with Gasteiger partial charge < -0.3 is 15.0 Å². The highest BCUT2D eigenvalue weighted by Gasteiger charge is 2.48. The molecule has 220 valence electrons. The fourth-order valence-corrected chi connectivity index (χ4v) is 8.75. The molecule has 7 rings (SSSR count). The van der Waals surface area contributed by atoms with Crippen LogP contribution in [0.4, 0.5) is 5.82 Å². The molecule has 2 unspecified atom stereocenters. The number of nitrogens with one attached hydrogen (secondary N) is 1. The van der Waals surface area contributed by atoms with Gasteiger partial charge in [-0.15, -0.1) is 18.5 Å². The fourth-order valence-electron chi connectivity index (χ4n) is 7.61. The van der Waals surface area contributed by atoms with Crippen molar-refractivity contribution in [2.75, 3.05) is 45.7 Å². The van der Waals surface area contributed by atoms with Crippen molar-refractivity contribution < 1.29 is 4.74 Å². The summed E-state index contributed by atoms with van der Waals surface area (Å²) in [6.45, 7) is 5.90. The lowest BCUT2D eigenvalue weighted by Crippen LogP contribution is -2.54.